The molecule has 2 rings (SSSR count). The molecule has 1 unspecified atom stereocenters. The van der Waals surface area contributed by atoms with Gasteiger partial charge in [-0.15, -0.1) is 0 Å². The Morgan fingerprint density at radius 1 is 1.17 bits per heavy atom. The summed E-state index contributed by atoms with van der Waals surface area (Å²) in [5.41, 5.74) is 2.65. The third-order valence-electron chi connectivity index (χ3n) is 3.59. The normalized spacial score (nSPS) is 11.8. The van der Waals surface area contributed by atoms with E-state index < -0.39 is 0 Å². The molecule has 0 saturated heterocycles. The number of carbonyl (C=O) groups excluding carboxylic acids is 1. The Morgan fingerprint density at radius 2 is 1.96 bits per heavy atom. The van der Waals surface area contributed by atoms with Crippen LogP contribution in [0.3, 0.4) is 0 Å². The molecule has 0 fully saturated rings. The molecule has 0 aliphatic rings. The van der Waals surface area contributed by atoms with Crippen LogP contribution in [0.5, 0.6) is 0 Å². The summed E-state index contributed by atoms with van der Waals surface area (Å²) < 4.78 is 5.31. The molecule has 0 aromatic heterocycles. The fourth-order valence-electron chi connectivity index (χ4n) is 2.51. The van der Waals surface area contributed by atoms with Gasteiger partial charge in [-0.3, -0.25) is 4.79 Å². The fourth-order valence-corrected chi connectivity index (χ4v) is 2.51. The van der Waals surface area contributed by atoms with E-state index in [0.29, 0.717) is 12.2 Å². The number of rotatable bonds is 9. The smallest absolute Gasteiger partial charge is 0.251 e. The van der Waals surface area contributed by atoms with E-state index in [1.807, 2.05) is 30.3 Å². The predicted molar refractivity (Wildman–Crippen MR) is 95.3 cm³/mol. The van der Waals surface area contributed by atoms with Crippen molar-refractivity contribution in [2.75, 3.05) is 32.2 Å². The first-order chi connectivity index (χ1) is 11.7. The average molecular weight is 328 g/mol. The number of aliphatic hydroxyl groups excluding tert-OH is 1. The van der Waals surface area contributed by atoms with Crippen molar-refractivity contribution in [1.29, 1.82) is 0 Å². The highest BCUT2D eigenvalue weighted by Crippen LogP contribution is 2.14. The van der Waals surface area contributed by atoms with Gasteiger partial charge >= 0.3 is 0 Å². The van der Waals surface area contributed by atoms with Crippen molar-refractivity contribution in [2.45, 2.75) is 12.5 Å². The second-order valence-corrected chi connectivity index (χ2v) is 5.55. The lowest BCUT2D eigenvalue weighted by atomic mass is 10.1. The highest BCUT2D eigenvalue weighted by Gasteiger charge is 2.11. The highest BCUT2D eigenvalue weighted by molar-refractivity contribution is 5.95. The zero-order valence-electron chi connectivity index (χ0n) is 13.9. The van der Waals surface area contributed by atoms with E-state index in [-0.39, 0.29) is 25.1 Å². The molecule has 0 radical (unpaired) electrons. The SMILES string of the molecule is COCC(Cc1ccccc1)Nc1cccc(C(=O)NCCO)c1. The van der Waals surface area contributed by atoms with Crippen LogP contribution in [0.4, 0.5) is 5.69 Å². The van der Waals surface area contributed by atoms with E-state index in [0.717, 1.165) is 12.1 Å². The van der Waals surface area contributed by atoms with Crippen molar-refractivity contribution >= 4 is 11.6 Å². The Morgan fingerprint density at radius 3 is 2.67 bits per heavy atom. The number of nitrogens with one attached hydrogen (secondary N) is 2. The van der Waals surface area contributed by atoms with Crippen molar-refractivity contribution in [3.05, 3.63) is 65.7 Å². The molecule has 2 aromatic carbocycles. The number of hydrogen-bond donors (Lipinski definition) is 3. The van der Waals surface area contributed by atoms with Gasteiger partial charge in [0.2, 0.25) is 0 Å². The summed E-state index contributed by atoms with van der Waals surface area (Å²) in [7, 11) is 1.68. The van der Waals surface area contributed by atoms with Crippen molar-refractivity contribution < 1.29 is 14.6 Å². The molecule has 24 heavy (non-hydrogen) atoms. The first-order valence-corrected chi connectivity index (χ1v) is 8.01. The van der Waals surface area contributed by atoms with Crippen LogP contribution in [0, 0.1) is 0 Å². The van der Waals surface area contributed by atoms with Crippen LogP contribution in [-0.2, 0) is 11.2 Å². The molecule has 5 nitrogen and oxygen atoms in total. The van der Waals surface area contributed by atoms with Gasteiger partial charge in [0, 0.05) is 24.9 Å². The second kappa shape index (κ2) is 9.70. The molecule has 2 aromatic rings. The first kappa shape index (κ1) is 18.0. The molecule has 0 saturated carbocycles. The number of ether oxygens (including phenoxy) is 1. The van der Waals surface area contributed by atoms with E-state index in [1.165, 1.54) is 5.56 Å². The van der Waals surface area contributed by atoms with Crippen LogP contribution in [0.15, 0.2) is 54.6 Å². The summed E-state index contributed by atoms with van der Waals surface area (Å²) in [6.45, 7) is 0.739. The van der Waals surface area contributed by atoms with Crippen LogP contribution < -0.4 is 10.6 Å². The molecular formula is C19H24N2O3. The van der Waals surface area contributed by atoms with Gasteiger partial charge < -0.3 is 20.5 Å². The van der Waals surface area contributed by atoms with Gasteiger partial charge in [0.15, 0.2) is 0 Å². The number of benzene rings is 2. The van der Waals surface area contributed by atoms with Crippen LogP contribution in [0.2, 0.25) is 0 Å². The minimum Gasteiger partial charge on any atom is -0.395 e. The van der Waals surface area contributed by atoms with Crippen molar-refractivity contribution in [1.82, 2.24) is 5.32 Å². The van der Waals surface area contributed by atoms with Gasteiger partial charge in [-0.2, -0.15) is 0 Å². The quantitative estimate of drug-likeness (QED) is 0.659. The Hall–Kier alpha value is -2.37. The molecular weight excluding hydrogens is 304 g/mol. The van der Waals surface area contributed by atoms with Crippen LogP contribution >= 0.6 is 0 Å². The number of methoxy groups -OCH3 is 1. The van der Waals surface area contributed by atoms with Gasteiger partial charge in [-0.05, 0) is 30.2 Å². The Bertz CT molecular complexity index is 632. The lowest BCUT2D eigenvalue weighted by Gasteiger charge is -2.20. The van der Waals surface area contributed by atoms with Gasteiger partial charge in [-0.25, -0.2) is 0 Å². The largest absolute Gasteiger partial charge is 0.395 e. The topological polar surface area (TPSA) is 70.6 Å². The lowest BCUT2D eigenvalue weighted by molar-refractivity contribution is 0.0945. The maximum Gasteiger partial charge on any atom is 0.251 e. The fraction of sp³-hybridized carbons (Fsp3) is 0.316. The molecule has 0 aliphatic carbocycles. The van der Waals surface area contributed by atoms with Crippen molar-refractivity contribution in [3.8, 4) is 0 Å². The Balaban J connectivity index is 2.04. The first-order valence-electron chi connectivity index (χ1n) is 8.01. The average Bonchev–Trinajstić information content (AvgIpc) is 2.61. The maximum absolute atomic E-state index is 12.0. The number of amides is 1. The number of carbonyl (C=O) groups is 1. The summed E-state index contributed by atoms with van der Waals surface area (Å²) >= 11 is 0. The molecule has 1 amide bonds. The summed E-state index contributed by atoms with van der Waals surface area (Å²) in [6.07, 6.45) is 0.829. The Kier molecular flexibility index (Phi) is 7.26. The molecule has 128 valence electrons. The van der Waals surface area contributed by atoms with E-state index in [4.69, 9.17) is 9.84 Å². The van der Waals surface area contributed by atoms with Crippen molar-refractivity contribution in [3.63, 3.8) is 0 Å². The highest BCUT2D eigenvalue weighted by atomic mass is 16.5. The molecule has 0 aliphatic heterocycles. The third kappa shape index (κ3) is 5.68. The van der Waals surface area contributed by atoms with E-state index in [2.05, 4.69) is 22.8 Å². The van der Waals surface area contributed by atoms with Crippen LogP contribution in [-0.4, -0.2) is 43.9 Å². The Labute approximate surface area is 142 Å². The summed E-state index contributed by atoms with van der Waals surface area (Å²) in [5, 5.41) is 14.9. The molecule has 0 bridgehead atoms. The summed E-state index contributed by atoms with van der Waals surface area (Å²) in [4.78, 5) is 12.0. The minimum atomic E-state index is -0.195. The zero-order chi connectivity index (χ0) is 17.2. The zero-order valence-corrected chi connectivity index (χ0v) is 13.9. The molecule has 5 heteroatoms. The van der Waals surface area contributed by atoms with Gasteiger partial charge in [0.1, 0.15) is 0 Å². The molecule has 0 spiro atoms. The summed E-state index contributed by atoms with van der Waals surface area (Å²) in [6, 6.07) is 17.6. The predicted octanol–water partition coefficient (Wildman–Crippen LogP) is 2.08. The number of aliphatic hydroxyl groups is 1. The maximum atomic E-state index is 12.0. The molecule has 3 N–H and O–H groups in total. The van der Waals surface area contributed by atoms with Crippen molar-refractivity contribution in [2.24, 2.45) is 0 Å². The van der Waals surface area contributed by atoms with Gasteiger partial charge in [0.05, 0.1) is 19.3 Å². The number of hydrogen-bond acceptors (Lipinski definition) is 4. The van der Waals surface area contributed by atoms with E-state index in [1.54, 1.807) is 19.2 Å². The monoisotopic (exact) mass is 328 g/mol. The van der Waals surface area contributed by atoms with Gasteiger partial charge in [0.25, 0.3) is 5.91 Å². The second-order valence-electron chi connectivity index (χ2n) is 5.55. The number of anilines is 1. The standard InChI is InChI=1S/C19H24N2O3/c1-24-14-18(12-15-6-3-2-4-7-15)21-17-9-5-8-16(13-17)19(23)20-10-11-22/h2-9,13,18,21-22H,10-12,14H2,1H3,(H,20,23). The lowest BCUT2D eigenvalue weighted by Crippen LogP contribution is -2.28. The van der Waals surface area contributed by atoms with E-state index in [9.17, 15) is 4.79 Å². The third-order valence-corrected chi connectivity index (χ3v) is 3.59. The van der Waals surface area contributed by atoms with Gasteiger partial charge in [-0.1, -0.05) is 36.4 Å². The van der Waals surface area contributed by atoms with Crippen LogP contribution in [0.25, 0.3) is 0 Å². The molecule has 0 heterocycles. The minimum absolute atomic E-state index is 0.0727. The van der Waals surface area contributed by atoms with E-state index >= 15 is 0 Å². The van der Waals surface area contributed by atoms with Crippen LogP contribution in [0.1, 0.15) is 15.9 Å². The molecule has 1 atom stereocenters. The summed E-state index contributed by atoms with van der Waals surface area (Å²) in [5.74, 6) is -0.195.